The summed E-state index contributed by atoms with van der Waals surface area (Å²) in [5, 5.41) is 4.14. The van der Waals surface area contributed by atoms with Crippen molar-refractivity contribution < 1.29 is 9.21 Å². The number of ketones is 1. The highest BCUT2D eigenvalue weighted by atomic mass is 32.2. The number of hydrogen-bond donors (Lipinski definition) is 2. The van der Waals surface area contributed by atoms with Crippen LogP contribution in [0.2, 0.25) is 0 Å². The zero-order chi connectivity index (χ0) is 18.4. The molecule has 6 nitrogen and oxygen atoms in total. The van der Waals surface area contributed by atoms with E-state index >= 15 is 0 Å². The number of aromatic nitrogens is 2. The van der Waals surface area contributed by atoms with Gasteiger partial charge in [0.2, 0.25) is 0 Å². The maximum absolute atomic E-state index is 12.9. The summed E-state index contributed by atoms with van der Waals surface area (Å²) in [5.41, 5.74) is 1.75. The van der Waals surface area contributed by atoms with Crippen LogP contribution in [0.4, 0.5) is 5.82 Å². The van der Waals surface area contributed by atoms with Gasteiger partial charge in [-0.1, -0.05) is 25.6 Å². The fourth-order valence-electron chi connectivity index (χ4n) is 3.61. The molecule has 0 saturated carbocycles. The molecule has 4 rings (SSSR count). The Kier molecular flexibility index (Phi) is 4.26. The van der Waals surface area contributed by atoms with Crippen LogP contribution in [0.1, 0.15) is 56.1 Å². The number of nitrogens with one attached hydrogen (secondary N) is 2. The summed E-state index contributed by atoms with van der Waals surface area (Å²) in [6, 6.07) is 3.70. The van der Waals surface area contributed by atoms with Crippen molar-refractivity contribution in [3.63, 3.8) is 0 Å². The number of hydrogen-bond acceptors (Lipinski definition) is 6. The highest BCUT2D eigenvalue weighted by Gasteiger charge is 2.39. The fraction of sp³-hybridized carbons (Fsp3) is 0.421. The minimum atomic E-state index is -0.503. The molecular formula is C19H21N3O3S. The Morgan fingerprint density at radius 3 is 2.77 bits per heavy atom. The van der Waals surface area contributed by atoms with Gasteiger partial charge in [0.05, 0.1) is 11.5 Å². The Bertz CT molecular complexity index is 971. The number of anilines is 1. The minimum absolute atomic E-state index is 0.0727. The summed E-state index contributed by atoms with van der Waals surface area (Å²) in [4.78, 5) is 33.1. The van der Waals surface area contributed by atoms with Crippen LogP contribution in [0, 0.1) is 6.92 Å². The Morgan fingerprint density at radius 2 is 2.08 bits per heavy atom. The first-order valence-corrected chi connectivity index (χ1v) is 9.72. The van der Waals surface area contributed by atoms with Gasteiger partial charge in [0.25, 0.3) is 5.56 Å². The largest absolute Gasteiger partial charge is 0.465 e. The number of thioether (sulfide) groups is 1. The maximum Gasteiger partial charge on any atom is 0.257 e. The summed E-state index contributed by atoms with van der Waals surface area (Å²) < 4.78 is 5.83. The molecule has 2 aromatic heterocycles. The van der Waals surface area contributed by atoms with E-state index in [1.165, 1.54) is 11.8 Å². The van der Waals surface area contributed by atoms with E-state index in [1.807, 2.05) is 32.9 Å². The maximum atomic E-state index is 12.9. The number of carbonyl (C=O) groups is 1. The van der Waals surface area contributed by atoms with Gasteiger partial charge in [-0.3, -0.25) is 9.59 Å². The molecule has 0 spiro atoms. The molecule has 7 heteroatoms. The van der Waals surface area contributed by atoms with E-state index in [9.17, 15) is 9.59 Å². The number of Topliss-reactive ketones (excluding diaryl/α,β-unsaturated/α-hetero) is 1. The molecule has 0 amide bonds. The Labute approximate surface area is 155 Å². The first-order chi connectivity index (χ1) is 12.4. The lowest BCUT2D eigenvalue weighted by molar-refractivity contribution is -0.116. The second-order valence-corrected chi connectivity index (χ2v) is 8.54. The van der Waals surface area contributed by atoms with Crippen molar-refractivity contribution in [2.75, 3.05) is 5.32 Å². The third-order valence-electron chi connectivity index (χ3n) is 4.63. The lowest BCUT2D eigenvalue weighted by Crippen LogP contribution is -2.32. The molecule has 2 aromatic rings. The standard InChI is InChI=1S/C19H21N3O3S/c1-9(2)26-19-21-17-16(18(24)22-19)15(13-8-7-10(3)25-13)14-11(20-17)5-4-6-12(14)23/h7-9,15H,4-6H2,1-3H3,(H2,20,21,22,24)/t15-/m1/s1. The average molecular weight is 371 g/mol. The molecule has 1 aliphatic heterocycles. The van der Waals surface area contributed by atoms with Crippen LogP contribution >= 0.6 is 11.8 Å². The van der Waals surface area contributed by atoms with Crippen LogP contribution in [0.25, 0.3) is 0 Å². The van der Waals surface area contributed by atoms with Crippen molar-refractivity contribution in [3.05, 3.63) is 50.8 Å². The molecule has 3 heterocycles. The summed E-state index contributed by atoms with van der Waals surface area (Å²) in [5.74, 6) is 1.47. The predicted octanol–water partition coefficient (Wildman–Crippen LogP) is 3.74. The second kappa shape index (κ2) is 6.46. The molecule has 1 atom stereocenters. The van der Waals surface area contributed by atoms with E-state index in [2.05, 4.69) is 15.3 Å². The number of aromatic amines is 1. The molecule has 136 valence electrons. The number of carbonyl (C=O) groups excluding carboxylic acids is 1. The number of nitrogens with zero attached hydrogens (tertiary/aromatic N) is 1. The van der Waals surface area contributed by atoms with Gasteiger partial charge in [-0.15, -0.1) is 0 Å². The molecule has 0 fully saturated rings. The van der Waals surface area contributed by atoms with E-state index in [1.54, 1.807) is 0 Å². The van der Waals surface area contributed by atoms with Crippen molar-refractivity contribution in [1.82, 2.24) is 9.97 Å². The summed E-state index contributed by atoms with van der Waals surface area (Å²) in [7, 11) is 0. The Morgan fingerprint density at radius 1 is 1.27 bits per heavy atom. The monoisotopic (exact) mass is 371 g/mol. The van der Waals surface area contributed by atoms with Gasteiger partial charge >= 0.3 is 0 Å². The van der Waals surface area contributed by atoms with E-state index in [0.717, 1.165) is 24.3 Å². The summed E-state index contributed by atoms with van der Waals surface area (Å²) in [6.45, 7) is 5.95. The average Bonchev–Trinajstić information content (AvgIpc) is 2.98. The zero-order valence-electron chi connectivity index (χ0n) is 15.0. The van der Waals surface area contributed by atoms with Gasteiger partial charge < -0.3 is 14.7 Å². The number of furan rings is 1. The van der Waals surface area contributed by atoms with E-state index in [0.29, 0.717) is 39.5 Å². The van der Waals surface area contributed by atoms with Gasteiger partial charge in [0.1, 0.15) is 17.3 Å². The molecule has 26 heavy (non-hydrogen) atoms. The van der Waals surface area contributed by atoms with Crippen LogP contribution in [0.3, 0.4) is 0 Å². The van der Waals surface area contributed by atoms with Crippen molar-refractivity contribution in [2.24, 2.45) is 0 Å². The third kappa shape index (κ3) is 2.90. The van der Waals surface area contributed by atoms with E-state index < -0.39 is 5.92 Å². The van der Waals surface area contributed by atoms with Crippen LogP contribution in [0.15, 0.2) is 37.8 Å². The predicted molar refractivity (Wildman–Crippen MR) is 101 cm³/mol. The molecular weight excluding hydrogens is 350 g/mol. The lowest BCUT2D eigenvalue weighted by atomic mass is 9.79. The lowest BCUT2D eigenvalue weighted by Gasteiger charge is -2.31. The smallest absolute Gasteiger partial charge is 0.257 e. The van der Waals surface area contributed by atoms with Crippen molar-refractivity contribution in [2.45, 2.75) is 56.4 Å². The van der Waals surface area contributed by atoms with Crippen LogP contribution in [0.5, 0.6) is 0 Å². The number of allylic oxidation sites excluding steroid dienone is 2. The Hall–Kier alpha value is -2.28. The van der Waals surface area contributed by atoms with E-state index in [4.69, 9.17) is 4.42 Å². The molecule has 0 saturated heterocycles. The van der Waals surface area contributed by atoms with Crippen LogP contribution in [-0.2, 0) is 4.79 Å². The van der Waals surface area contributed by atoms with E-state index in [-0.39, 0.29) is 11.3 Å². The number of aryl methyl sites for hydroxylation is 1. The number of rotatable bonds is 3. The SMILES string of the molecule is Cc1ccc([C@@H]2C3=C(CCCC3=O)Nc3nc(SC(C)C)[nH]c(=O)c32)o1. The van der Waals surface area contributed by atoms with Gasteiger partial charge in [0, 0.05) is 22.9 Å². The van der Waals surface area contributed by atoms with Crippen LogP contribution < -0.4 is 10.9 Å². The molecule has 0 bridgehead atoms. The second-order valence-electron chi connectivity index (χ2n) is 6.98. The number of fused-ring (bicyclic) bond motifs is 1. The third-order valence-corrected chi connectivity index (χ3v) is 5.52. The topological polar surface area (TPSA) is 88.0 Å². The molecule has 0 unspecified atom stereocenters. The van der Waals surface area contributed by atoms with Gasteiger partial charge in [-0.05, 0) is 31.9 Å². The fourth-order valence-corrected chi connectivity index (χ4v) is 4.35. The van der Waals surface area contributed by atoms with Crippen molar-refractivity contribution in [1.29, 1.82) is 0 Å². The highest BCUT2D eigenvalue weighted by Crippen LogP contribution is 2.43. The highest BCUT2D eigenvalue weighted by molar-refractivity contribution is 7.99. The molecule has 0 aromatic carbocycles. The molecule has 2 aliphatic rings. The molecule has 0 radical (unpaired) electrons. The summed E-state index contributed by atoms with van der Waals surface area (Å²) in [6.07, 6.45) is 2.08. The molecule has 2 N–H and O–H groups in total. The molecule has 1 aliphatic carbocycles. The normalized spacial score (nSPS) is 19.4. The Balaban J connectivity index is 1.92. The van der Waals surface area contributed by atoms with Crippen LogP contribution in [-0.4, -0.2) is 21.0 Å². The van der Waals surface area contributed by atoms with Gasteiger partial charge in [0.15, 0.2) is 10.9 Å². The first kappa shape index (κ1) is 17.1. The summed E-state index contributed by atoms with van der Waals surface area (Å²) >= 11 is 1.50. The van der Waals surface area contributed by atoms with Gasteiger partial charge in [-0.25, -0.2) is 4.98 Å². The zero-order valence-corrected chi connectivity index (χ0v) is 15.8. The van der Waals surface area contributed by atoms with Crippen molar-refractivity contribution >= 4 is 23.4 Å². The quantitative estimate of drug-likeness (QED) is 0.631. The van der Waals surface area contributed by atoms with Crippen molar-refractivity contribution in [3.8, 4) is 0 Å². The van der Waals surface area contributed by atoms with Gasteiger partial charge in [-0.2, -0.15) is 0 Å². The first-order valence-electron chi connectivity index (χ1n) is 8.84. The minimum Gasteiger partial charge on any atom is -0.465 e. The number of H-pyrrole nitrogens is 1.